The number of fused-ring (bicyclic) bond motifs is 1. The molecular formula is C20H20N4O2. The Morgan fingerprint density at radius 1 is 1.08 bits per heavy atom. The molecule has 0 spiro atoms. The van der Waals surface area contributed by atoms with Crippen LogP contribution in [-0.2, 0) is 4.79 Å². The molecule has 1 aliphatic heterocycles. The van der Waals surface area contributed by atoms with Crippen molar-refractivity contribution in [2.24, 2.45) is 0 Å². The molecule has 0 fully saturated rings. The van der Waals surface area contributed by atoms with Crippen molar-refractivity contribution in [2.75, 3.05) is 12.0 Å². The number of carbonyl (C=O) groups excluding carboxylic acids is 1. The highest BCUT2D eigenvalue weighted by Gasteiger charge is 2.38. The van der Waals surface area contributed by atoms with E-state index in [1.165, 1.54) is 6.33 Å². The number of nitrogens with zero attached hydrogens (tertiary/aromatic N) is 4. The van der Waals surface area contributed by atoms with Crippen LogP contribution >= 0.6 is 0 Å². The zero-order chi connectivity index (χ0) is 18.1. The first-order chi connectivity index (χ1) is 12.7. The van der Waals surface area contributed by atoms with Gasteiger partial charge in [-0.25, -0.2) is 4.68 Å². The van der Waals surface area contributed by atoms with Gasteiger partial charge in [0.15, 0.2) is 0 Å². The van der Waals surface area contributed by atoms with E-state index in [4.69, 9.17) is 4.74 Å². The molecule has 0 aliphatic carbocycles. The zero-order valence-electron chi connectivity index (χ0n) is 14.7. The minimum Gasteiger partial charge on any atom is -0.496 e. The summed E-state index contributed by atoms with van der Waals surface area (Å²) in [5.74, 6) is 1.32. The monoisotopic (exact) mass is 348 g/mol. The normalized spacial score (nSPS) is 19.1. The van der Waals surface area contributed by atoms with Crippen molar-refractivity contribution in [3.8, 4) is 5.75 Å². The van der Waals surface area contributed by atoms with E-state index in [2.05, 4.69) is 10.1 Å². The topological polar surface area (TPSA) is 60.2 Å². The van der Waals surface area contributed by atoms with Gasteiger partial charge in [0.1, 0.15) is 12.1 Å². The number of para-hydroxylation sites is 1. The van der Waals surface area contributed by atoms with E-state index >= 15 is 0 Å². The highest BCUT2D eigenvalue weighted by atomic mass is 16.5. The fraction of sp³-hybridized carbons (Fsp3) is 0.250. The minimum atomic E-state index is -0.111. The van der Waals surface area contributed by atoms with E-state index in [1.54, 1.807) is 18.9 Å². The molecule has 6 nitrogen and oxygen atoms in total. The van der Waals surface area contributed by atoms with Crippen LogP contribution in [0, 0.1) is 0 Å². The van der Waals surface area contributed by atoms with Gasteiger partial charge in [0.05, 0.1) is 19.2 Å². The summed E-state index contributed by atoms with van der Waals surface area (Å²) in [5.41, 5.74) is 2.11. The molecule has 1 aliphatic rings. The molecule has 0 radical (unpaired) electrons. The molecule has 2 unspecified atom stereocenters. The van der Waals surface area contributed by atoms with E-state index in [0.717, 1.165) is 16.9 Å². The van der Waals surface area contributed by atoms with Crippen LogP contribution < -0.4 is 9.64 Å². The van der Waals surface area contributed by atoms with Crippen LogP contribution in [0.4, 0.5) is 5.95 Å². The third-order valence-corrected chi connectivity index (χ3v) is 4.84. The first-order valence-electron chi connectivity index (χ1n) is 8.58. The lowest BCUT2D eigenvalue weighted by atomic mass is 9.91. The number of amides is 1. The van der Waals surface area contributed by atoms with E-state index < -0.39 is 0 Å². The van der Waals surface area contributed by atoms with Gasteiger partial charge < -0.3 is 4.74 Å². The van der Waals surface area contributed by atoms with Crippen LogP contribution in [-0.4, -0.2) is 27.8 Å². The van der Waals surface area contributed by atoms with Gasteiger partial charge in [-0.2, -0.15) is 10.1 Å². The van der Waals surface area contributed by atoms with Crippen LogP contribution in [0.1, 0.15) is 36.6 Å². The number of rotatable bonds is 3. The van der Waals surface area contributed by atoms with Crippen molar-refractivity contribution in [3.63, 3.8) is 0 Å². The summed E-state index contributed by atoms with van der Waals surface area (Å²) < 4.78 is 7.38. The van der Waals surface area contributed by atoms with Crippen molar-refractivity contribution in [3.05, 3.63) is 72.1 Å². The number of anilines is 1. The molecule has 4 rings (SSSR count). The minimum absolute atomic E-state index is 0.0495. The first-order valence-corrected chi connectivity index (χ1v) is 8.58. The van der Waals surface area contributed by atoms with Gasteiger partial charge in [-0.1, -0.05) is 48.5 Å². The summed E-state index contributed by atoms with van der Waals surface area (Å²) in [6.07, 6.45) is 2.20. The Hall–Kier alpha value is -3.15. The fourth-order valence-corrected chi connectivity index (χ4v) is 3.71. The van der Waals surface area contributed by atoms with Crippen LogP contribution in [0.5, 0.6) is 5.75 Å². The fourth-order valence-electron chi connectivity index (χ4n) is 3.71. The summed E-state index contributed by atoms with van der Waals surface area (Å²) in [4.78, 5) is 18.5. The van der Waals surface area contributed by atoms with Crippen molar-refractivity contribution in [1.82, 2.24) is 14.8 Å². The standard InChI is InChI=1S/C20H20N4O2/c1-14(25)23-17(15-8-4-3-5-9-15)12-18(24-20(23)21-13-22-24)16-10-6-7-11-19(16)26-2/h3-11,13,17-18H,12H2,1-2H3. The molecule has 0 saturated heterocycles. The average Bonchev–Trinajstić information content (AvgIpc) is 3.16. The number of hydrogen-bond acceptors (Lipinski definition) is 4. The van der Waals surface area contributed by atoms with Gasteiger partial charge in [0.25, 0.3) is 0 Å². The molecule has 1 aromatic heterocycles. The van der Waals surface area contributed by atoms with E-state index in [1.807, 2.05) is 59.3 Å². The molecule has 2 atom stereocenters. The van der Waals surface area contributed by atoms with Crippen LogP contribution in [0.3, 0.4) is 0 Å². The summed E-state index contributed by atoms with van der Waals surface area (Å²) >= 11 is 0. The maximum absolute atomic E-state index is 12.4. The van der Waals surface area contributed by atoms with Gasteiger partial charge in [0, 0.05) is 12.5 Å². The zero-order valence-corrected chi connectivity index (χ0v) is 14.7. The molecule has 2 aromatic carbocycles. The van der Waals surface area contributed by atoms with Crippen LogP contribution in [0.25, 0.3) is 0 Å². The number of methoxy groups -OCH3 is 1. The van der Waals surface area contributed by atoms with Crippen LogP contribution in [0.15, 0.2) is 60.9 Å². The number of carbonyl (C=O) groups is 1. The van der Waals surface area contributed by atoms with E-state index in [-0.39, 0.29) is 18.0 Å². The molecule has 0 saturated carbocycles. The molecule has 3 aromatic rings. The Balaban J connectivity index is 1.87. The predicted molar refractivity (Wildman–Crippen MR) is 98.1 cm³/mol. The van der Waals surface area contributed by atoms with E-state index in [9.17, 15) is 4.79 Å². The van der Waals surface area contributed by atoms with Crippen molar-refractivity contribution < 1.29 is 9.53 Å². The highest BCUT2D eigenvalue weighted by molar-refractivity contribution is 5.90. The maximum atomic E-state index is 12.4. The molecule has 1 amide bonds. The predicted octanol–water partition coefficient (Wildman–Crippen LogP) is 3.37. The molecule has 6 heteroatoms. The lowest BCUT2D eigenvalue weighted by Gasteiger charge is -2.38. The average molecular weight is 348 g/mol. The largest absolute Gasteiger partial charge is 0.496 e. The quantitative estimate of drug-likeness (QED) is 0.728. The Bertz CT molecular complexity index is 922. The molecule has 26 heavy (non-hydrogen) atoms. The summed E-state index contributed by atoms with van der Waals surface area (Å²) in [6, 6.07) is 17.8. The molecule has 2 heterocycles. The molecule has 0 N–H and O–H groups in total. The number of hydrogen-bond donors (Lipinski definition) is 0. The van der Waals surface area contributed by atoms with Gasteiger partial charge >= 0.3 is 0 Å². The highest BCUT2D eigenvalue weighted by Crippen LogP contribution is 2.43. The lowest BCUT2D eigenvalue weighted by molar-refractivity contribution is -0.117. The summed E-state index contributed by atoms with van der Waals surface area (Å²) in [7, 11) is 1.67. The lowest BCUT2D eigenvalue weighted by Crippen LogP contribution is -2.41. The number of aromatic nitrogens is 3. The second-order valence-electron chi connectivity index (χ2n) is 6.31. The molecule has 0 bridgehead atoms. The number of ether oxygens (including phenoxy) is 1. The second kappa shape index (κ2) is 6.63. The third kappa shape index (κ3) is 2.63. The summed E-state index contributed by atoms with van der Waals surface area (Å²) in [5, 5.41) is 4.41. The molecule has 132 valence electrons. The Kier molecular flexibility index (Phi) is 4.16. The van der Waals surface area contributed by atoms with Gasteiger partial charge in [-0.05, 0) is 18.1 Å². The Morgan fingerprint density at radius 3 is 2.54 bits per heavy atom. The second-order valence-corrected chi connectivity index (χ2v) is 6.31. The smallest absolute Gasteiger partial charge is 0.231 e. The third-order valence-electron chi connectivity index (χ3n) is 4.84. The Morgan fingerprint density at radius 2 is 1.81 bits per heavy atom. The molecular weight excluding hydrogens is 328 g/mol. The van der Waals surface area contributed by atoms with Gasteiger partial charge in [-0.3, -0.25) is 9.69 Å². The van der Waals surface area contributed by atoms with Gasteiger partial charge in [-0.15, -0.1) is 0 Å². The van der Waals surface area contributed by atoms with Crippen molar-refractivity contribution >= 4 is 11.9 Å². The van der Waals surface area contributed by atoms with E-state index in [0.29, 0.717) is 12.4 Å². The summed E-state index contributed by atoms with van der Waals surface area (Å²) in [6.45, 7) is 1.57. The van der Waals surface area contributed by atoms with Gasteiger partial charge in [0.2, 0.25) is 11.9 Å². The first kappa shape index (κ1) is 16.3. The Labute approximate surface area is 152 Å². The number of benzene rings is 2. The van der Waals surface area contributed by atoms with Crippen molar-refractivity contribution in [2.45, 2.75) is 25.4 Å². The SMILES string of the molecule is COc1ccccc1C1CC(c2ccccc2)N(C(C)=O)c2ncnn21. The maximum Gasteiger partial charge on any atom is 0.231 e. The van der Waals surface area contributed by atoms with Crippen molar-refractivity contribution in [1.29, 1.82) is 0 Å². The van der Waals surface area contributed by atoms with Crippen LogP contribution in [0.2, 0.25) is 0 Å².